The number of carbonyl (C=O) groups excluding carboxylic acids is 2. The second-order valence-corrected chi connectivity index (χ2v) is 6.96. The maximum atomic E-state index is 12.8. The predicted molar refractivity (Wildman–Crippen MR) is 100 cm³/mol. The zero-order chi connectivity index (χ0) is 18.6. The molecule has 6 nitrogen and oxygen atoms in total. The average Bonchev–Trinajstić information content (AvgIpc) is 3.16. The van der Waals surface area contributed by atoms with Gasteiger partial charge in [-0.2, -0.15) is 0 Å². The second-order valence-electron chi connectivity index (χ2n) is 6.96. The highest BCUT2D eigenvalue weighted by Crippen LogP contribution is 2.18. The van der Waals surface area contributed by atoms with Crippen molar-refractivity contribution in [3.8, 4) is 0 Å². The molecule has 0 aromatic heterocycles. The lowest BCUT2D eigenvalue weighted by Gasteiger charge is -2.34. The first-order valence-corrected chi connectivity index (χ1v) is 9.21. The molecule has 2 aliphatic heterocycles. The smallest absolute Gasteiger partial charge is 0.249 e. The van der Waals surface area contributed by atoms with Crippen molar-refractivity contribution in [2.75, 3.05) is 13.2 Å². The average molecular weight is 365 g/mol. The molecule has 2 aromatic rings. The van der Waals surface area contributed by atoms with Crippen molar-refractivity contribution in [2.45, 2.75) is 32.2 Å². The number of hydrogen-bond acceptors (Lipinski definition) is 4. The van der Waals surface area contributed by atoms with Crippen molar-refractivity contribution in [3.05, 3.63) is 70.8 Å². The van der Waals surface area contributed by atoms with Crippen LogP contribution in [0.25, 0.3) is 0 Å². The zero-order valence-corrected chi connectivity index (χ0v) is 15.1. The summed E-state index contributed by atoms with van der Waals surface area (Å²) in [7, 11) is 0. The normalized spacial score (nSPS) is 19.0. The molecule has 0 unspecified atom stereocenters. The number of amides is 2. The highest BCUT2D eigenvalue weighted by Gasteiger charge is 2.33. The molecule has 0 radical (unpaired) electrons. The van der Waals surface area contributed by atoms with Gasteiger partial charge in [0.2, 0.25) is 11.8 Å². The van der Waals surface area contributed by atoms with Gasteiger partial charge in [0.05, 0.1) is 6.61 Å². The monoisotopic (exact) mass is 365 g/mol. The van der Waals surface area contributed by atoms with E-state index in [2.05, 4.69) is 22.8 Å². The summed E-state index contributed by atoms with van der Waals surface area (Å²) in [5, 5.41) is 6.28. The van der Waals surface area contributed by atoms with Crippen LogP contribution in [0.15, 0.2) is 48.5 Å². The minimum absolute atomic E-state index is 0.0223. The van der Waals surface area contributed by atoms with Crippen LogP contribution in [0, 0.1) is 0 Å². The van der Waals surface area contributed by atoms with Crippen LogP contribution in [0.1, 0.15) is 22.3 Å². The van der Waals surface area contributed by atoms with E-state index in [1.807, 2.05) is 36.4 Å². The van der Waals surface area contributed by atoms with Crippen molar-refractivity contribution in [3.63, 3.8) is 0 Å². The number of nitrogens with zero attached hydrogens (tertiary/aromatic N) is 1. The summed E-state index contributed by atoms with van der Waals surface area (Å²) in [6.45, 7) is 2.86. The van der Waals surface area contributed by atoms with Gasteiger partial charge in [-0.15, -0.1) is 0 Å². The van der Waals surface area contributed by atoms with Gasteiger partial charge < -0.3 is 20.3 Å². The molecule has 0 aliphatic carbocycles. The second kappa shape index (κ2) is 7.90. The van der Waals surface area contributed by atoms with Crippen molar-refractivity contribution in [1.82, 2.24) is 15.5 Å². The van der Waals surface area contributed by atoms with Crippen molar-refractivity contribution in [2.24, 2.45) is 0 Å². The van der Waals surface area contributed by atoms with Crippen LogP contribution < -0.4 is 10.6 Å². The molecule has 6 heteroatoms. The lowest BCUT2D eigenvalue weighted by Crippen LogP contribution is -2.55. The molecule has 27 heavy (non-hydrogen) atoms. The highest BCUT2D eigenvalue weighted by molar-refractivity contribution is 5.89. The van der Waals surface area contributed by atoms with Gasteiger partial charge in [-0.05, 0) is 22.3 Å². The molecule has 1 fully saturated rings. The Kier molecular flexibility index (Phi) is 5.18. The molecule has 1 saturated heterocycles. The SMILES string of the molecule is O=C(NCc1ccc2c(c1)CNC2)[C@H]1COCC(=O)N1Cc1ccccc1. The third kappa shape index (κ3) is 4.02. The number of hydrogen-bond donors (Lipinski definition) is 2. The lowest BCUT2D eigenvalue weighted by molar-refractivity contribution is -0.155. The van der Waals surface area contributed by atoms with Gasteiger partial charge in [0.25, 0.3) is 0 Å². The van der Waals surface area contributed by atoms with E-state index in [1.165, 1.54) is 11.1 Å². The Morgan fingerprint density at radius 1 is 1.11 bits per heavy atom. The van der Waals surface area contributed by atoms with Gasteiger partial charge >= 0.3 is 0 Å². The summed E-state index contributed by atoms with van der Waals surface area (Å²) < 4.78 is 5.34. The summed E-state index contributed by atoms with van der Waals surface area (Å²) in [5.41, 5.74) is 4.65. The molecule has 1 atom stereocenters. The molecule has 2 aromatic carbocycles. The molecule has 140 valence electrons. The fraction of sp³-hybridized carbons (Fsp3) is 0.333. The molecule has 2 N–H and O–H groups in total. The Morgan fingerprint density at radius 3 is 2.78 bits per heavy atom. The molecule has 2 heterocycles. The van der Waals surface area contributed by atoms with E-state index in [0.29, 0.717) is 13.1 Å². The van der Waals surface area contributed by atoms with Gasteiger partial charge in [-0.1, -0.05) is 48.5 Å². The van der Waals surface area contributed by atoms with E-state index in [1.54, 1.807) is 4.90 Å². The first kappa shape index (κ1) is 17.7. The Bertz CT molecular complexity index is 838. The van der Waals surface area contributed by atoms with Gasteiger partial charge in [-0.3, -0.25) is 9.59 Å². The Labute approximate surface area is 158 Å². The van der Waals surface area contributed by atoms with Crippen LogP contribution in [0.4, 0.5) is 0 Å². The number of fused-ring (bicyclic) bond motifs is 1. The summed E-state index contributed by atoms with van der Waals surface area (Å²) in [5.74, 6) is -0.341. The fourth-order valence-electron chi connectivity index (χ4n) is 3.57. The van der Waals surface area contributed by atoms with Crippen molar-refractivity contribution < 1.29 is 14.3 Å². The van der Waals surface area contributed by atoms with Crippen LogP contribution in [0.2, 0.25) is 0 Å². The molecule has 0 saturated carbocycles. The summed E-state index contributed by atoms with van der Waals surface area (Å²) in [6.07, 6.45) is 0. The number of nitrogens with one attached hydrogen (secondary N) is 2. The maximum absolute atomic E-state index is 12.8. The van der Waals surface area contributed by atoms with E-state index >= 15 is 0 Å². The van der Waals surface area contributed by atoms with Gasteiger partial charge in [0.1, 0.15) is 12.6 Å². The fourth-order valence-corrected chi connectivity index (χ4v) is 3.57. The maximum Gasteiger partial charge on any atom is 0.249 e. The minimum Gasteiger partial charge on any atom is -0.369 e. The van der Waals surface area contributed by atoms with E-state index in [-0.39, 0.29) is 25.0 Å². The minimum atomic E-state index is -0.609. The lowest BCUT2D eigenvalue weighted by atomic mass is 10.1. The van der Waals surface area contributed by atoms with E-state index in [9.17, 15) is 9.59 Å². The van der Waals surface area contributed by atoms with Crippen LogP contribution in [0.3, 0.4) is 0 Å². The Hall–Kier alpha value is -2.70. The third-order valence-electron chi connectivity index (χ3n) is 5.06. The van der Waals surface area contributed by atoms with E-state index in [0.717, 1.165) is 24.2 Å². The number of benzene rings is 2. The summed E-state index contributed by atoms with van der Waals surface area (Å²) in [6, 6.07) is 15.4. The van der Waals surface area contributed by atoms with Crippen molar-refractivity contribution >= 4 is 11.8 Å². The number of morpholine rings is 1. The quantitative estimate of drug-likeness (QED) is 0.839. The predicted octanol–water partition coefficient (Wildman–Crippen LogP) is 1.33. The first-order chi connectivity index (χ1) is 13.2. The summed E-state index contributed by atoms with van der Waals surface area (Å²) >= 11 is 0. The van der Waals surface area contributed by atoms with E-state index in [4.69, 9.17) is 4.74 Å². The summed E-state index contributed by atoms with van der Waals surface area (Å²) in [4.78, 5) is 26.7. The van der Waals surface area contributed by atoms with Gasteiger partial charge in [0, 0.05) is 26.2 Å². The molecule has 0 bridgehead atoms. The Balaban J connectivity index is 1.41. The van der Waals surface area contributed by atoms with E-state index < -0.39 is 6.04 Å². The standard InChI is InChI=1S/C21H23N3O3/c25-20-14-27-13-19(24(20)12-15-4-2-1-3-5-15)21(26)23-9-16-6-7-17-10-22-11-18(17)8-16/h1-8,19,22H,9-14H2,(H,23,26)/t19-/m1/s1. The number of carbonyl (C=O) groups is 2. The van der Waals surface area contributed by atoms with Crippen LogP contribution in [-0.4, -0.2) is 36.0 Å². The van der Waals surface area contributed by atoms with Crippen LogP contribution in [-0.2, 0) is 40.5 Å². The number of rotatable bonds is 5. The van der Waals surface area contributed by atoms with Crippen LogP contribution in [0.5, 0.6) is 0 Å². The molecular formula is C21H23N3O3. The molecule has 2 amide bonds. The third-order valence-corrected chi connectivity index (χ3v) is 5.06. The Morgan fingerprint density at radius 2 is 1.93 bits per heavy atom. The van der Waals surface area contributed by atoms with Gasteiger partial charge in [-0.25, -0.2) is 0 Å². The van der Waals surface area contributed by atoms with Crippen LogP contribution >= 0.6 is 0 Å². The molecule has 4 rings (SSSR count). The molecule has 0 spiro atoms. The van der Waals surface area contributed by atoms with Crippen molar-refractivity contribution in [1.29, 1.82) is 0 Å². The first-order valence-electron chi connectivity index (χ1n) is 9.21. The molecule has 2 aliphatic rings. The van der Waals surface area contributed by atoms with Gasteiger partial charge in [0.15, 0.2) is 0 Å². The largest absolute Gasteiger partial charge is 0.369 e. The zero-order valence-electron chi connectivity index (χ0n) is 15.1. The topological polar surface area (TPSA) is 70.7 Å². The number of ether oxygens (including phenoxy) is 1. The molecular weight excluding hydrogens is 342 g/mol. The highest BCUT2D eigenvalue weighted by atomic mass is 16.5.